The summed E-state index contributed by atoms with van der Waals surface area (Å²) in [4.78, 5) is 12.1. The predicted octanol–water partition coefficient (Wildman–Crippen LogP) is 2.91. The van der Waals surface area contributed by atoms with Crippen LogP contribution in [0, 0.1) is 12.8 Å². The van der Waals surface area contributed by atoms with Gasteiger partial charge in [0.05, 0.1) is 0 Å². The molecule has 0 saturated carbocycles. The van der Waals surface area contributed by atoms with Crippen LogP contribution in [0.3, 0.4) is 0 Å². The molecule has 3 nitrogen and oxygen atoms in total. The molecule has 17 heavy (non-hydrogen) atoms. The summed E-state index contributed by atoms with van der Waals surface area (Å²) >= 11 is 0. The van der Waals surface area contributed by atoms with Crippen LogP contribution in [0.15, 0.2) is 28.7 Å². The van der Waals surface area contributed by atoms with Crippen molar-refractivity contribution in [2.24, 2.45) is 11.7 Å². The number of Topliss-reactive ketones (excluding diaryl/α,β-unsaturated/α-hetero) is 1. The fourth-order valence-electron chi connectivity index (χ4n) is 1.75. The molecule has 0 fully saturated rings. The molecule has 2 N–H and O–H groups in total. The van der Waals surface area contributed by atoms with Crippen molar-refractivity contribution in [2.75, 3.05) is 0 Å². The van der Waals surface area contributed by atoms with E-state index in [-0.39, 0.29) is 17.7 Å². The SMILES string of the molecule is Cc1ccc2oc(C(=O)C(C)C(C)N)cc2c1. The third-order valence-corrected chi connectivity index (χ3v) is 3.12. The zero-order valence-electron chi connectivity index (χ0n) is 10.4. The molecule has 0 aliphatic rings. The van der Waals surface area contributed by atoms with Gasteiger partial charge >= 0.3 is 0 Å². The second kappa shape index (κ2) is 4.34. The summed E-state index contributed by atoms with van der Waals surface area (Å²) in [7, 11) is 0. The van der Waals surface area contributed by atoms with Crippen molar-refractivity contribution < 1.29 is 9.21 Å². The molecule has 2 aromatic rings. The molecule has 0 spiro atoms. The number of hydrogen-bond acceptors (Lipinski definition) is 3. The highest BCUT2D eigenvalue weighted by Crippen LogP contribution is 2.23. The number of benzene rings is 1. The maximum Gasteiger partial charge on any atom is 0.202 e. The zero-order valence-corrected chi connectivity index (χ0v) is 10.4. The Labute approximate surface area is 101 Å². The summed E-state index contributed by atoms with van der Waals surface area (Å²) in [5, 5.41) is 0.963. The van der Waals surface area contributed by atoms with E-state index in [2.05, 4.69) is 0 Å². The van der Waals surface area contributed by atoms with E-state index in [0.717, 1.165) is 16.5 Å². The highest BCUT2D eigenvalue weighted by Gasteiger charge is 2.22. The highest BCUT2D eigenvalue weighted by atomic mass is 16.3. The Morgan fingerprint density at radius 3 is 2.65 bits per heavy atom. The van der Waals surface area contributed by atoms with Gasteiger partial charge in [0.2, 0.25) is 5.78 Å². The molecule has 3 heteroatoms. The lowest BCUT2D eigenvalue weighted by Crippen LogP contribution is -2.30. The molecule has 2 unspecified atom stereocenters. The first kappa shape index (κ1) is 11.9. The quantitative estimate of drug-likeness (QED) is 0.826. The zero-order chi connectivity index (χ0) is 12.6. The second-order valence-corrected chi connectivity index (χ2v) is 4.66. The van der Waals surface area contributed by atoms with Gasteiger partial charge in [0.1, 0.15) is 5.58 Å². The van der Waals surface area contributed by atoms with Crippen LogP contribution in [-0.2, 0) is 0 Å². The van der Waals surface area contributed by atoms with Gasteiger partial charge in [0, 0.05) is 17.3 Å². The number of aryl methyl sites for hydroxylation is 1. The van der Waals surface area contributed by atoms with Gasteiger partial charge in [0.25, 0.3) is 0 Å². The summed E-state index contributed by atoms with van der Waals surface area (Å²) in [6.07, 6.45) is 0. The number of carbonyl (C=O) groups is 1. The fourth-order valence-corrected chi connectivity index (χ4v) is 1.75. The maximum atomic E-state index is 12.1. The van der Waals surface area contributed by atoms with Crippen LogP contribution in [0.5, 0.6) is 0 Å². The van der Waals surface area contributed by atoms with Crippen LogP contribution < -0.4 is 5.73 Å². The first-order valence-electron chi connectivity index (χ1n) is 5.79. The molecule has 0 aliphatic heterocycles. The lowest BCUT2D eigenvalue weighted by molar-refractivity contribution is 0.0891. The van der Waals surface area contributed by atoms with Crippen LogP contribution in [0.4, 0.5) is 0 Å². The molecule has 90 valence electrons. The Morgan fingerprint density at radius 1 is 1.29 bits per heavy atom. The Kier molecular flexibility index (Phi) is 3.03. The Hall–Kier alpha value is -1.61. The fraction of sp³-hybridized carbons (Fsp3) is 0.357. The maximum absolute atomic E-state index is 12.1. The minimum Gasteiger partial charge on any atom is -0.453 e. The topological polar surface area (TPSA) is 56.2 Å². The average molecular weight is 231 g/mol. The molecule has 0 aliphatic carbocycles. The highest BCUT2D eigenvalue weighted by molar-refractivity contribution is 5.99. The number of carbonyl (C=O) groups excluding carboxylic acids is 1. The lowest BCUT2D eigenvalue weighted by atomic mass is 9.97. The molecule has 1 aromatic carbocycles. The van der Waals surface area contributed by atoms with Gasteiger partial charge in [-0.15, -0.1) is 0 Å². The number of fused-ring (bicyclic) bond motifs is 1. The van der Waals surface area contributed by atoms with Crippen LogP contribution in [-0.4, -0.2) is 11.8 Å². The molecule has 0 saturated heterocycles. The van der Waals surface area contributed by atoms with Crippen LogP contribution in [0.1, 0.15) is 30.0 Å². The smallest absolute Gasteiger partial charge is 0.202 e. The van der Waals surface area contributed by atoms with E-state index >= 15 is 0 Å². The normalized spacial score (nSPS) is 14.8. The Morgan fingerprint density at radius 2 is 2.00 bits per heavy atom. The molecule has 2 rings (SSSR count). The number of ketones is 1. The van der Waals surface area contributed by atoms with Crippen molar-refractivity contribution in [2.45, 2.75) is 26.8 Å². The van der Waals surface area contributed by atoms with Crippen LogP contribution in [0.25, 0.3) is 11.0 Å². The van der Waals surface area contributed by atoms with E-state index in [9.17, 15) is 4.79 Å². The number of rotatable bonds is 3. The van der Waals surface area contributed by atoms with E-state index in [4.69, 9.17) is 10.2 Å². The minimum absolute atomic E-state index is 0.0335. The van der Waals surface area contributed by atoms with Gasteiger partial charge in [0.15, 0.2) is 5.76 Å². The lowest BCUT2D eigenvalue weighted by Gasteiger charge is -2.11. The van der Waals surface area contributed by atoms with Gasteiger partial charge in [-0.1, -0.05) is 18.6 Å². The number of hydrogen-bond donors (Lipinski definition) is 1. The first-order chi connectivity index (χ1) is 7.99. The van der Waals surface area contributed by atoms with Crippen LogP contribution >= 0.6 is 0 Å². The summed E-state index contributed by atoms with van der Waals surface area (Å²) in [5.41, 5.74) is 7.63. The summed E-state index contributed by atoms with van der Waals surface area (Å²) in [6, 6.07) is 7.49. The molecule has 2 atom stereocenters. The summed E-state index contributed by atoms with van der Waals surface area (Å²) in [5.74, 6) is 0.140. The molecular weight excluding hydrogens is 214 g/mol. The van der Waals surface area contributed by atoms with Gasteiger partial charge in [-0.05, 0) is 32.0 Å². The van der Waals surface area contributed by atoms with Gasteiger partial charge in [-0.2, -0.15) is 0 Å². The summed E-state index contributed by atoms with van der Waals surface area (Å²) in [6.45, 7) is 5.67. The third-order valence-electron chi connectivity index (χ3n) is 3.12. The molecule has 1 heterocycles. The average Bonchev–Trinajstić information content (AvgIpc) is 2.69. The molecular formula is C14H17NO2. The van der Waals surface area contributed by atoms with Gasteiger partial charge < -0.3 is 10.2 Å². The van der Waals surface area contributed by atoms with Crippen LogP contribution in [0.2, 0.25) is 0 Å². The van der Waals surface area contributed by atoms with E-state index in [0.29, 0.717) is 5.76 Å². The minimum atomic E-state index is -0.225. The number of furan rings is 1. The van der Waals surface area contributed by atoms with Gasteiger partial charge in [-0.25, -0.2) is 0 Å². The summed E-state index contributed by atoms with van der Waals surface area (Å²) < 4.78 is 5.55. The monoisotopic (exact) mass is 231 g/mol. The van der Waals surface area contributed by atoms with E-state index in [1.54, 1.807) is 6.07 Å². The number of nitrogens with two attached hydrogens (primary N) is 1. The third kappa shape index (κ3) is 2.24. The van der Waals surface area contributed by atoms with Crippen molar-refractivity contribution in [1.82, 2.24) is 0 Å². The van der Waals surface area contributed by atoms with Crippen molar-refractivity contribution in [1.29, 1.82) is 0 Å². The Bertz CT molecular complexity index is 554. The predicted molar refractivity (Wildman–Crippen MR) is 68.1 cm³/mol. The first-order valence-corrected chi connectivity index (χ1v) is 5.79. The second-order valence-electron chi connectivity index (χ2n) is 4.66. The molecule has 1 aromatic heterocycles. The molecule has 0 bridgehead atoms. The van der Waals surface area contributed by atoms with E-state index in [1.165, 1.54) is 0 Å². The molecule has 0 amide bonds. The molecule has 0 radical (unpaired) electrons. The van der Waals surface area contributed by atoms with Gasteiger partial charge in [-0.3, -0.25) is 4.79 Å². The van der Waals surface area contributed by atoms with Crippen molar-refractivity contribution in [3.8, 4) is 0 Å². The largest absolute Gasteiger partial charge is 0.453 e. The van der Waals surface area contributed by atoms with E-state index in [1.807, 2.05) is 39.0 Å². The van der Waals surface area contributed by atoms with Crippen molar-refractivity contribution in [3.05, 3.63) is 35.6 Å². The van der Waals surface area contributed by atoms with Crippen molar-refractivity contribution >= 4 is 16.8 Å². The Balaban J connectivity index is 2.40. The van der Waals surface area contributed by atoms with Crippen molar-refractivity contribution in [3.63, 3.8) is 0 Å². The standard InChI is InChI=1S/C14H17NO2/c1-8-4-5-12-11(6-8)7-13(17-12)14(16)9(2)10(3)15/h4-7,9-10H,15H2,1-3H3. The van der Waals surface area contributed by atoms with E-state index < -0.39 is 0 Å².